The molecule has 26 heavy (non-hydrogen) atoms. The van der Waals surface area contributed by atoms with Gasteiger partial charge in [0.15, 0.2) is 5.78 Å². The zero-order valence-electron chi connectivity index (χ0n) is 14.5. The van der Waals surface area contributed by atoms with Gasteiger partial charge in [-0.25, -0.2) is 4.79 Å². The first-order valence-electron chi connectivity index (χ1n) is 9.41. The molecular formula is C21H20ClNO3. The van der Waals surface area contributed by atoms with Gasteiger partial charge in [-0.1, -0.05) is 11.6 Å². The number of rotatable bonds is 2. The molecule has 4 nitrogen and oxygen atoms in total. The van der Waals surface area contributed by atoms with Crippen molar-refractivity contribution in [3.8, 4) is 6.07 Å². The number of Topliss-reactive ketones (excluding diaryl/α,β-unsaturated/α-hetero) is 1. The van der Waals surface area contributed by atoms with Crippen molar-refractivity contribution < 1.29 is 14.3 Å². The molecule has 1 aromatic rings. The summed E-state index contributed by atoms with van der Waals surface area (Å²) in [6.45, 7) is 0. The minimum Gasteiger partial charge on any atom is -0.458 e. The average Bonchev–Trinajstić information content (AvgIpc) is 2.85. The zero-order chi connectivity index (χ0) is 18.1. The van der Waals surface area contributed by atoms with Crippen molar-refractivity contribution in [3.05, 3.63) is 34.3 Å². The number of ether oxygens (including phenoxy) is 1. The highest BCUT2D eigenvalue weighted by Gasteiger charge is 2.58. The van der Waals surface area contributed by atoms with E-state index >= 15 is 0 Å². The fraction of sp³-hybridized carbons (Fsp3) is 0.571. The molecule has 0 saturated heterocycles. The number of ketones is 1. The summed E-state index contributed by atoms with van der Waals surface area (Å²) in [6.07, 6.45) is 6.44. The molecule has 0 amide bonds. The molecule has 5 heteroatoms. The SMILES string of the molecule is N#C[C@]1(C(=O)OC23CC4CC(CC(C4)C2)C3)Cc2cc(Cl)ccc2C1=O. The highest BCUT2D eigenvalue weighted by Crippen LogP contribution is 2.57. The number of nitrogens with zero attached hydrogens (tertiary/aromatic N) is 1. The van der Waals surface area contributed by atoms with E-state index < -0.39 is 22.8 Å². The van der Waals surface area contributed by atoms with Gasteiger partial charge in [0.25, 0.3) is 0 Å². The molecule has 0 aliphatic heterocycles. The van der Waals surface area contributed by atoms with Crippen LogP contribution in [0.15, 0.2) is 18.2 Å². The van der Waals surface area contributed by atoms with Gasteiger partial charge in [-0.05, 0) is 80.0 Å². The maximum Gasteiger partial charge on any atom is 0.335 e. The van der Waals surface area contributed by atoms with E-state index in [9.17, 15) is 14.9 Å². The van der Waals surface area contributed by atoms with Crippen LogP contribution < -0.4 is 0 Å². The van der Waals surface area contributed by atoms with Crippen LogP contribution in [0.5, 0.6) is 0 Å². The monoisotopic (exact) mass is 369 g/mol. The van der Waals surface area contributed by atoms with Crippen molar-refractivity contribution in [2.24, 2.45) is 23.2 Å². The lowest BCUT2D eigenvalue weighted by Crippen LogP contribution is -2.54. The Morgan fingerprint density at radius 2 is 1.77 bits per heavy atom. The quantitative estimate of drug-likeness (QED) is 0.581. The number of benzene rings is 1. The van der Waals surface area contributed by atoms with E-state index in [-0.39, 0.29) is 6.42 Å². The van der Waals surface area contributed by atoms with E-state index in [1.54, 1.807) is 18.2 Å². The van der Waals surface area contributed by atoms with Crippen LogP contribution >= 0.6 is 11.6 Å². The molecule has 6 rings (SSSR count). The van der Waals surface area contributed by atoms with Gasteiger partial charge in [-0.3, -0.25) is 4.79 Å². The van der Waals surface area contributed by atoms with Crippen molar-refractivity contribution in [2.75, 3.05) is 0 Å². The maximum atomic E-state index is 13.1. The van der Waals surface area contributed by atoms with Gasteiger partial charge in [-0.2, -0.15) is 5.26 Å². The first kappa shape index (κ1) is 16.3. The lowest BCUT2D eigenvalue weighted by atomic mass is 9.54. The molecule has 1 atom stereocenters. The predicted octanol–water partition coefficient (Wildman–Crippen LogP) is 4.10. The Bertz CT molecular complexity index is 835. The van der Waals surface area contributed by atoms with E-state index in [2.05, 4.69) is 0 Å². The Labute approximate surface area is 157 Å². The van der Waals surface area contributed by atoms with Gasteiger partial charge in [-0.15, -0.1) is 0 Å². The van der Waals surface area contributed by atoms with Crippen molar-refractivity contribution in [3.63, 3.8) is 0 Å². The Morgan fingerprint density at radius 3 is 2.35 bits per heavy atom. The predicted molar refractivity (Wildman–Crippen MR) is 94.5 cm³/mol. The third-order valence-corrected chi connectivity index (χ3v) is 7.22. The maximum absolute atomic E-state index is 13.1. The van der Waals surface area contributed by atoms with Crippen LogP contribution in [-0.2, 0) is 16.0 Å². The van der Waals surface area contributed by atoms with E-state index in [1.165, 1.54) is 19.3 Å². The van der Waals surface area contributed by atoms with Gasteiger partial charge in [0.1, 0.15) is 5.60 Å². The molecule has 5 aliphatic carbocycles. The summed E-state index contributed by atoms with van der Waals surface area (Å²) < 4.78 is 6.05. The number of hydrogen-bond donors (Lipinski definition) is 0. The molecule has 0 unspecified atom stereocenters. The van der Waals surface area contributed by atoms with Crippen molar-refractivity contribution >= 4 is 23.4 Å². The Hall–Kier alpha value is -1.86. The summed E-state index contributed by atoms with van der Waals surface area (Å²) in [4.78, 5) is 26.1. The number of nitriles is 1. The molecule has 5 aliphatic rings. The number of carbonyl (C=O) groups is 2. The summed E-state index contributed by atoms with van der Waals surface area (Å²) in [5.74, 6) is 0.785. The first-order chi connectivity index (χ1) is 12.4. The molecule has 0 spiro atoms. The lowest BCUT2D eigenvalue weighted by molar-refractivity contribution is -0.192. The fourth-order valence-electron chi connectivity index (χ4n) is 6.27. The minimum atomic E-state index is -1.75. The van der Waals surface area contributed by atoms with Crippen LogP contribution in [0, 0.1) is 34.5 Å². The second-order valence-corrected chi connectivity index (χ2v) is 9.25. The van der Waals surface area contributed by atoms with E-state index in [4.69, 9.17) is 16.3 Å². The Morgan fingerprint density at radius 1 is 1.15 bits per heavy atom. The van der Waals surface area contributed by atoms with Crippen LogP contribution in [0.1, 0.15) is 54.4 Å². The van der Waals surface area contributed by atoms with E-state index in [1.807, 2.05) is 6.07 Å². The van der Waals surface area contributed by atoms with Crippen LogP contribution in [0.4, 0.5) is 0 Å². The third kappa shape index (κ3) is 2.19. The second kappa shape index (κ2) is 5.33. The minimum absolute atomic E-state index is 0.0590. The summed E-state index contributed by atoms with van der Waals surface area (Å²) >= 11 is 6.02. The number of halogens is 1. The van der Waals surface area contributed by atoms with Crippen LogP contribution in [0.2, 0.25) is 5.02 Å². The highest BCUT2D eigenvalue weighted by molar-refractivity contribution is 6.31. The van der Waals surface area contributed by atoms with Gasteiger partial charge >= 0.3 is 5.97 Å². The Kier molecular flexibility index (Phi) is 3.35. The summed E-state index contributed by atoms with van der Waals surface area (Å²) in [5.41, 5.74) is -1.14. The van der Waals surface area contributed by atoms with Crippen molar-refractivity contribution in [1.29, 1.82) is 5.26 Å². The van der Waals surface area contributed by atoms with E-state index in [0.717, 1.165) is 19.3 Å². The lowest BCUT2D eigenvalue weighted by Gasteiger charge is -2.56. The molecule has 4 fully saturated rings. The summed E-state index contributed by atoms with van der Waals surface area (Å²) in [7, 11) is 0. The van der Waals surface area contributed by atoms with Crippen LogP contribution in [0.3, 0.4) is 0 Å². The number of hydrogen-bond acceptors (Lipinski definition) is 4. The fourth-order valence-corrected chi connectivity index (χ4v) is 6.46. The average molecular weight is 370 g/mol. The topological polar surface area (TPSA) is 67.2 Å². The molecule has 0 heterocycles. The largest absolute Gasteiger partial charge is 0.458 e. The number of carbonyl (C=O) groups excluding carboxylic acids is 2. The van der Waals surface area contributed by atoms with Crippen molar-refractivity contribution in [2.45, 2.75) is 50.5 Å². The normalized spacial score (nSPS) is 39.5. The molecule has 1 aromatic carbocycles. The first-order valence-corrected chi connectivity index (χ1v) is 9.79. The summed E-state index contributed by atoms with van der Waals surface area (Å²) in [6, 6.07) is 6.91. The Balaban J connectivity index is 1.45. The summed E-state index contributed by atoms with van der Waals surface area (Å²) in [5, 5.41) is 10.3. The smallest absolute Gasteiger partial charge is 0.335 e. The molecule has 0 aromatic heterocycles. The number of fused-ring (bicyclic) bond motifs is 1. The van der Waals surface area contributed by atoms with Gasteiger partial charge in [0, 0.05) is 17.0 Å². The second-order valence-electron chi connectivity index (χ2n) is 8.81. The molecule has 134 valence electrons. The van der Waals surface area contributed by atoms with E-state index in [0.29, 0.717) is 33.9 Å². The third-order valence-electron chi connectivity index (χ3n) is 6.99. The molecule has 4 bridgehead atoms. The molecule has 0 N–H and O–H groups in total. The molecule has 0 radical (unpaired) electrons. The van der Waals surface area contributed by atoms with Gasteiger partial charge in [0.2, 0.25) is 5.41 Å². The van der Waals surface area contributed by atoms with Crippen LogP contribution in [0.25, 0.3) is 0 Å². The van der Waals surface area contributed by atoms with Crippen LogP contribution in [-0.4, -0.2) is 17.4 Å². The zero-order valence-corrected chi connectivity index (χ0v) is 15.2. The van der Waals surface area contributed by atoms with Crippen molar-refractivity contribution in [1.82, 2.24) is 0 Å². The van der Waals surface area contributed by atoms with Gasteiger partial charge in [0.05, 0.1) is 6.07 Å². The van der Waals surface area contributed by atoms with Gasteiger partial charge < -0.3 is 4.74 Å². The standard InChI is InChI=1S/C21H20ClNO3/c22-16-1-2-17-15(6-16)10-21(11-23,18(17)24)19(25)26-20-7-12-3-13(8-20)5-14(4-12)9-20/h1-2,6,12-14H,3-5,7-10H2/t12?,13?,14?,20?,21-/m1/s1. The molecular weight excluding hydrogens is 350 g/mol. The molecule has 4 saturated carbocycles. The number of esters is 1. The highest BCUT2D eigenvalue weighted by atomic mass is 35.5.